The molecule has 6 aromatic carbocycles. The van der Waals surface area contributed by atoms with E-state index in [1.54, 1.807) is 6.92 Å². The Morgan fingerprint density at radius 2 is 0.696 bits per heavy atom. The number of carbonyl (C=O) groups excluding carboxylic acids is 1. The van der Waals surface area contributed by atoms with Crippen molar-refractivity contribution in [3.8, 4) is 16.9 Å². The maximum Gasteiger partial charge on any atom is 0.310 e. The SMILES string of the molecule is CCC(=O)Oc1ccc(N(c2ccc(C)cc2)c2ccc(-c3ccc(N(c4ccc(C)cc4)c4ccc(C)cc4)cc3)cc2)cc1. The molecule has 0 N–H and O–H groups in total. The molecule has 0 amide bonds. The summed E-state index contributed by atoms with van der Waals surface area (Å²) in [5.74, 6) is 0.298. The molecule has 4 heteroatoms. The molecule has 6 rings (SSSR count). The highest BCUT2D eigenvalue weighted by Gasteiger charge is 2.15. The van der Waals surface area contributed by atoms with Gasteiger partial charge in [-0.25, -0.2) is 0 Å². The van der Waals surface area contributed by atoms with Gasteiger partial charge in [0.1, 0.15) is 5.75 Å². The predicted octanol–water partition coefficient (Wildman–Crippen LogP) is 11.5. The summed E-state index contributed by atoms with van der Waals surface area (Å²) in [7, 11) is 0. The first kappa shape index (κ1) is 30.4. The number of ether oxygens (including phenoxy) is 1. The zero-order valence-corrected chi connectivity index (χ0v) is 26.8. The molecule has 0 aromatic heterocycles. The molecular weight excluding hydrogens is 564 g/mol. The van der Waals surface area contributed by atoms with Gasteiger partial charge in [-0.15, -0.1) is 0 Å². The van der Waals surface area contributed by atoms with Crippen LogP contribution in [-0.2, 0) is 4.79 Å². The summed E-state index contributed by atoms with van der Waals surface area (Å²) in [6, 6.07) is 50.8. The zero-order valence-electron chi connectivity index (χ0n) is 26.8. The molecule has 0 spiro atoms. The number of aryl methyl sites for hydroxylation is 3. The molecule has 0 radical (unpaired) electrons. The Bertz CT molecular complexity index is 1850. The minimum absolute atomic E-state index is 0.246. The largest absolute Gasteiger partial charge is 0.427 e. The van der Waals surface area contributed by atoms with E-state index in [9.17, 15) is 4.79 Å². The number of esters is 1. The van der Waals surface area contributed by atoms with Crippen molar-refractivity contribution in [2.45, 2.75) is 34.1 Å². The smallest absolute Gasteiger partial charge is 0.310 e. The first-order valence-electron chi connectivity index (χ1n) is 15.7. The van der Waals surface area contributed by atoms with Crippen molar-refractivity contribution in [1.82, 2.24) is 0 Å². The van der Waals surface area contributed by atoms with E-state index in [1.807, 2.05) is 24.3 Å². The number of nitrogens with zero attached hydrogens (tertiary/aromatic N) is 2. The van der Waals surface area contributed by atoms with Gasteiger partial charge in [0.15, 0.2) is 0 Å². The number of anilines is 6. The molecule has 0 saturated carbocycles. The van der Waals surface area contributed by atoms with E-state index in [1.165, 1.54) is 16.7 Å². The number of hydrogen-bond donors (Lipinski definition) is 0. The lowest BCUT2D eigenvalue weighted by Gasteiger charge is -2.26. The molecule has 0 aliphatic rings. The second-order valence-corrected chi connectivity index (χ2v) is 11.6. The van der Waals surface area contributed by atoms with Crippen LogP contribution in [0.1, 0.15) is 30.0 Å². The van der Waals surface area contributed by atoms with Crippen LogP contribution in [-0.4, -0.2) is 5.97 Å². The third-order valence-corrected chi connectivity index (χ3v) is 8.08. The molecule has 46 heavy (non-hydrogen) atoms. The van der Waals surface area contributed by atoms with Crippen molar-refractivity contribution in [3.63, 3.8) is 0 Å². The summed E-state index contributed by atoms with van der Waals surface area (Å²) >= 11 is 0. The highest BCUT2D eigenvalue weighted by molar-refractivity contribution is 5.81. The van der Waals surface area contributed by atoms with Gasteiger partial charge < -0.3 is 14.5 Å². The molecule has 0 unspecified atom stereocenters. The van der Waals surface area contributed by atoms with Gasteiger partial charge in [-0.1, -0.05) is 84.3 Å². The molecule has 0 heterocycles. The number of hydrogen-bond acceptors (Lipinski definition) is 4. The summed E-state index contributed by atoms with van der Waals surface area (Å²) in [5, 5.41) is 0. The Kier molecular flexibility index (Phi) is 8.98. The van der Waals surface area contributed by atoms with E-state index in [0.717, 1.165) is 45.3 Å². The molecule has 0 fully saturated rings. The standard InChI is InChI=1S/C42H38N2O2/c1-5-42(45)46-41-28-26-40(27-29-41)44(37-20-10-32(4)11-21-37)39-24-14-34(15-25-39)33-12-22-38(23-13-33)43(35-16-6-30(2)7-17-35)36-18-8-31(3)9-19-36/h6-29H,5H2,1-4H3. The van der Waals surface area contributed by atoms with E-state index in [4.69, 9.17) is 4.74 Å². The molecular formula is C42H38N2O2. The molecule has 0 bridgehead atoms. The van der Waals surface area contributed by atoms with Gasteiger partial charge in [0.25, 0.3) is 0 Å². The summed E-state index contributed by atoms with van der Waals surface area (Å²) in [5.41, 5.74) is 12.4. The number of carbonyl (C=O) groups is 1. The van der Waals surface area contributed by atoms with E-state index in [0.29, 0.717) is 12.2 Å². The first-order chi connectivity index (χ1) is 22.4. The second-order valence-electron chi connectivity index (χ2n) is 11.6. The number of benzene rings is 6. The Hall–Kier alpha value is -5.61. The first-order valence-corrected chi connectivity index (χ1v) is 15.7. The summed E-state index contributed by atoms with van der Waals surface area (Å²) < 4.78 is 5.41. The van der Waals surface area contributed by atoms with Crippen LogP contribution in [0.5, 0.6) is 5.75 Å². The topological polar surface area (TPSA) is 32.8 Å². The molecule has 4 nitrogen and oxygen atoms in total. The second kappa shape index (κ2) is 13.6. The fraction of sp³-hybridized carbons (Fsp3) is 0.119. The van der Waals surface area contributed by atoms with Gasteiger partial charge in [0.2, 0.25) is 0 Å². The highest BCUT2D eigenvalue weighted by atomic mass is 16.5. The fourth-order valence-corrected chi connectivity index (χ4v) is 5.45. The normalized spacial score (nSPS) is 10.8. The minimum atomic E-state index is -0.246. The van der Waals surface area contributed by atoms with Gasteiger partial charge in [0.05, 0.1) is 0 Å². The van der Waals surface area contributed by atoms with E-state index in [2.05, 4.69) is 152 Å². The van der Waals surface area contributed by atoms with Crippen LogP contribution in [0.25, 0.3) is 11.1 Å². The van der Waals surface area contributed by atoms with E-state index < -0.39 is 0 Å². The molecule has 0 saturated heterocycles. The van der Waals surface area contributed by atoms with Crippen molar-refractivity contribution in [2.75, 3.05) is 9.80 Å². The summed E-state index contributed by atoms with van der Waals surface area (Å²) in [6.07, 6.45) is 0.337. The Labute approximate surface area is 272 Å². The van der Waals surface area contributed by atoms with Crippen LogP contribution in [0.15, 0.2) is 146 Å². The molecule has 0 aliphatic carbocycles. The average Bonchev–Trinajstić information content (AvgIpc) is 3.09. The lowest BCUT2D eigenvalue weighted by Crippen LogP contribution is -2.10. The lowest BCUT2D eigenvalue weighted by atomic mass is 10.0. The van der Waals surface area contributed by atoms with Crippen molar-refractivity contribution in [3.05, 3.63) is 162 Å². The minimum Gasteiger partial charge on any atom is -0.427 e. The summed E-state index contributed by atoms with van der Waals surface area (Å²) in [6.45, 7) is 8.11. The Morgan fingerprint density at radius 3 is 0.978 bits per heavy atom. The third-order valence-electron chi connectivity index (χ3n) is 8.08. The highest BCUT2D eigenvalue weighted by Crippen LogP contribution is 2.38. The fourth-order valence-electron chi connectivity index (χ4n) is 5.45. The quantitative estimate of drug-likeness (QED) is 0.122. The average molecular weight is 603 g/mol. The van der Waals surface area contributed by atoms with Crippen molar-refractivity contribution in [1.29, 1.82) is 0 Å². The molecule has 228 valence electrons. The van der Waals surface area contributed by atoms with Crippen LogP contribution in [0.3, 0.4) is 0 Å². The monoisotopic (exact) mass is 602 g/mol. The molecule has 0 atom stereocenters. The van der Waals surface area contributed by atoms with Crippen LogP contribution in [0.2, 0.25) is 0 Å². The van der Waals surface area contributed by atoms with Gasteiger partial charge in [0, 0.05) is 40.5 Å². The van der Waals surface area contributed by atoms with Crippen LogP contribution < -0.4 is 14.5 Å². The van der Waals surface area contributed by atoms with Crippen LogP contribution >= 0.6 is 0 Å². The zero-order chi connectivity index (χ0) is 32.0. The van der Waals surface area contributed by atoms with Crippen LogP contribution in [0, 0.1) is 20.8 Å². The maximum absolute atomic E-state index is 11.8. The molecule has 6 aromatic rings. The van der Waals surface area contributed by atoms with Gasteiger partial charge >= 0.3 is 5.97 Å². The van der Waals surface area contributed by atoms with Gasteiger partial charge in [-0.2, -0.15) is 0 Å². The lowest BCUT2D eigenvalue weighted by molar-refractivity contribution is -0.134. The van der Waals surface area contributed by atoms with Crippen molar-refractivity contribution >= 4 is 40.1 Å². The third kappa shape index (κ3) is 6.87. The van der Waals surface area contributed by atoms with E-state index in [-0.39, 0.29) is 5.97 Å². The maximum atomic E-state index is 11.8. The summed E-state index contributed by atoms with van der Waals surface area (Å²) in [4.78, 5) is 16.3. The van der Waals surface area contributed by atoms with Gasteiger partial charge in [-0.05, 0) is 117 Å². The van der Waals surface area contributed by atoms with Gasteiger partial charge in [-0.3, -0.25) is 4.79 Å². The predicted molar refractivity (Wildman–Crippen MR) is 191 cm³/mol. The van der Waals surface area contributed by atoms with Crippen molar-refractivity contribution < 1.29 is 9.53 Å². The van der Waals surface area contributed by atoms with Crippen LogP contribution in [0.4, 0.5) is 34.1 Å². The Morgan fingerprint density at radius 1 is 0.435 bits per heavy atom. The molecule has 0 aliphatic heterocycles. The number of rotatable bonds is 9. The van der Waals surface area contributed by atoms with Crippen molar-refractivity contribution in [2.24, 2.45) is 0 Å². The Balaban J connectivity index is 1.29. The van der Waals surface area contributed by atoms with E-state index >= 15 is 0 Å².